The van der Waals surface area contributed by atoms with E-state index in [9.17, 15) is 19.5 Å². The fourth-order valence-corrected chi connectivity index (χ4v) is 9.10. The van der Waals surface area contributed by atoms with Gasteiger partial charge in [0, 0.05) is 49.4 Å². The van der Waals surface area contributed by atoms with Gasteiger partial charge in [0.2, 0.25) is 17.7 Å². The molecule has 8 nitrogen and oxygen atoms in total. The Labute approximate surface area is 224 Å². The molecule has 0 saturated carbocycles. The molecule has 3 aliphatic rings. The number of benzene rings is 1. The van der Waals surface area contributed by atoms with Crippen LogP contribution in [0.2, 0.25) is 0 Å². The minimum Gasteiger partial charge on any atom is -0.396 e. The van der Waals surface area contributed by atoms with E-state index in [1.165, 1.54) is 0 Å². The van der Waals surface area contributed by atoms with Crippen LogP contribution in [0.1, 0.15) is 53.4 Å². The largest absolute Gasteiger partial charge is 0.396 e. The number of hydrogen-bond donors (Lipinski definition) is 3. The van der Waals surface area contributed by atoms with E-state index >= 15 is 0 Å². The zero-order valence-corrected chi connectivity index (χ0v) is 23.4. The summed E-state index contributed by atoms with van der Waals surface area (Å²) >= 11 is 1.69. The van der Waals surface area contributed by atoms with Gasteiger partial charge in [-0.15, -0.1) is 11.8 Å². The van der Waals surface area contributed by atoms with Crippen molar-refractivity contribution in [3.05, 3.63) is 24.3 Å². The minimum atomic E-state index is -0.653. The zero-order chi connectivity index (χ0) is 26.7. The van der Waals surface area contributed by atoms with Crippen molar-refractivity contribution in [1.82, 2.24) is 10.2 Å². The number of unbranched alkanes of at least 4 members (excludes halogenated alkanes) is 1. The number of amides is 3. The van der Waals surface area contributed by atoms with Gasteiger partial charge < -0.3 is 25.5 Å². The van der Waals surface area contributed by atoms with Gasteiger partial charge in [-0.1, -0.05) is 13.8 Å². The van der Waals surface area contributed by atoms with E-state index in [-0.39, 0.29) is 35.5 Å². The third kappa shape index (κ3) is 4.85. The maximum atomic E-state index is 14.0. The Morgan fingerprint density at radius 3 is 2.46 bits per heavy atom. The first-order valence-electron chi connectivity index (χ1n) is 13.9. The lowest BCUT2D eigenvalue weighted by Gasteiger charge is -2.38. The molecule has 0 radical (unpaired) electrons. The SMILES string of the molecule is CCCNC(=O)[C@@H]1[C@@H]2CC(C)C3(S2)C(C(=O)Nc2ccc(N(CC)CC)cc2)N(CCCCO)C(=O)[C@H]13. The molecule has 4 rings (SSSR count). The molecule has 6 atom stereocenters. The number of hydrogen-bond acceptors (Lipinski definition) is 6. The van der Waals surface area contributed by atoms with Crippen molar-refractivity contribution in [3.8, 4) is 0 Å². The Morgan fingerprint density at radius 1 is 1.14 bits per heavy atom. The van der Waals surface area contributed by atoms with Gasteiger partial charge in [-0.05, 0) is 69.7 Å². The number of nitrogens with one attached hydrogen (secondary N) is 2. The van der Waals surface area contributed by atoms with Gasteiger partial charge in [-0.2, -0.15) is 0 Å². The summed E-state index contributed by atoms with van der Waals surface area (Å²) in [6.07, 6.45) is 2.84. The first kappa shape index (κ1) is 27.8. The van der Waals surface area contributed by atoms with Crippen LogP contribution in [0.15, 0.2) is 24.3 Å². The molecule has 204 valence electrons. The van der Waals surface area contributed by atoms with Crippen molar-refractivity contribution in [1.29, 1.82) is 0 Å². The average molecular weight is 531 g/mol. The molecule has 3 N–H and O–H groups in total. The normalized spacial score (nSPS) is 29.9. The molecule has 9 heteroatoms. The summed E-state index contributed by atoms with van der Waals surface area (Å²) in [7, 11) is 0. The number of carbonyl (C=O) groups excluding carboxylic acids is 3. The molecule has 3 heterocycles. The summed E-state index contributed by atoms with van der Waals surface area (Å²) in [6.45, 7) is 11.2. The van der Waals surface area contributed by atoms with Crippen LogP contribution >= 0.6 is 11.8 Å². The van der Waals surface area contributed by atoms with Crippen molar-refractivity contribution in [3.63, 3.8) is 0 Å². The first-order valence-corrected chi connectivity index (χ1v) is 14.7. The first-order chi connectivity index (χ1) is 17.8. The van der Waals surface area contributed by atoms with Crippen molar-refractivity contribution in [2.24, 2.45) is 17.8 Å². The number of nitrogens with zero attached hydrogens (tertiary/aromatic N) is 2. The van der Waals surface area contributed by atoms with Crippen LogP contribution in [-0.2, 0) is 14.4 Å². The predicted octanol–water partition coefficient (Wildman–Crippen LogP) is 3.11. The van der Waals surface area contributed by atoms with Gasteiger partial charge in [0.25, 0.3) is 0 Å². The standard InChI is InChI=1S/C28H42N4O4S/c1-5-14-29-25(34)22-21-17-18(4)28(37-21)23(22)27(36)32(15-8-9-16-33)24(28)26(35)30-19-10-12-20(13-11-19)31(6-2)7-3/h10-13,18,21-24,33H,5-9,14-17H2,1-4H3,(H,29,34)(H,30,35)/t18?,21-,22+,23-,24?,28?/m0/s1. The summed E-state index contributed by atoms with van der Waals surface area (Å²) in [5.74, 6) is -1.12. The van der Waals surface area contributed by atoms with Gasteiger partial charge in [-0.25, -0.2) is 0 Å². The minimum absolute atomic E-state index is 0.0433. The number of aliphatic hydroxyl groups excluding tert-OH is 1. The molecular formula is C28H42N4O4S. The van der Waals surface area contributed by atoms with E-state index in [2.05, 4.69) is 36.3 Å². The van der Waals surface area contributed by atoms with Crippen LogP contribution in [0.5, 0.6) is 0 Å². The molecule has 2 bridgehead atoms. The van der Waals surface area contributed by atoms with Crippen LogP contribution in [0.3, 0.4) is 0 Å². The fraction of sp³-hybridized carbons (Fsp3) is 0.679. The number of fused-ring (bicyclic) bond motifs is 1. The summed E-state index contributed by atoms with van der Waals surface area (Å²) < 4.78 is -0.625. The molecule has 3 unspecified atom stereocenters. The quantitative estimate of drug-likeness (QED) is 0.359. The van der Waals surface area contributed by atoms with E-state index in [1.54, 1.807) is 16.7 Å². The Kier molecular flexibility index (Phi) is 8.74. The van der Waals surface area contributed by atoms with Crippen LogP contribution in [0, 0.1) is 17.8 Å². The number of likely N-dealkylation sites (tertiary alicyclic amines) is 1. The topological polar surface area (TPSA) is 102 Å². The highest BCUT2D eigenvalue weighted by atomic mass is 32.2. The molecule has 0 aliphatic carbocycles. The molecule has 3 aliphatic heterocycles. The summed E-state index contributed by atoms with van der Waals surface area (Å²) in [5.41, 5.74) is 1.80. The van der Waals surface area contributed by atoms with Crippen molar-refractivity contribution in [2.75, 3.05) is 43.0 Å². The summed E-state index contributed by atoms with van der Waals surface area (Å²) in [5, 5.41) is 15.5. The smallest absolute Gasteiger partial charge is 0.248 e. The Balaban J connectivity index is 1.63. The van der Waals surface area contributed by atoms with Crippen molar-refractivity contribution in [2.45, 2.75) is 69.4 Å². The monoisotopic (exact) mass is 530 g/mol. The second kappa shape index (κ2) is 11.6. The summed E-state index contributed by atoms with van der Waals surface area (Å²) in [6, 6.07) is 7.19. The van der Waals surface area contributed by atoms with Gasteiger partial charge in [-0.3, -0.25) is 14.4 Å². The molecular weight excluding hydrogens is 488 g/mol. The number of thioether (sulfide) groups is 1. The van der Waals surface area contributed by atoms with Crippen molar-refractivity contribution < 1.29 is 19.5 Å². The third-order valence-electron chi connectivity index (χ3n) is 8.42. The predicted molar refractivity (Wildman–Crippen MR) is 149 cm³/mol. The van der Waals surface area contributed by atoms with E-state index in [1.807, 2.05) is 31.2 Å². The lowest BCUT2D eigenvalue weighted by molar-refractivity contribution is -0.139. The lowest BCUT2D eigenvalue weighted by atomic mass is 9.66. The fourth-order valence-electron chi connectivity index (χ4n) is 6.68. The second-order valence-electron chi connectivity index (χ2n) is 10.5. The molecule has 1 aromatic carbocycles. The Bertz CT molecular complexity index is 985. The van der Waals surface area contributed by atoms with E-state index in [0.29, 0.717) is 31.6 Å². The molecule has 3 saturated heterocycles. The molecule has 37 heavy (non-hydrogen) atoms. The van der Waals surface area contributed by atoms with E-state index in [0.717, 1.165) is 31.6 Å². The second-order valence-corrected chi connectivity index (χ2v) is 12.1. The number of anilines is 2. The Morgan fingerprint density at radius 2 is 1.84 bits per heavy atom. The number of rotatable bonds is 12. The highest BCUT2D eigenvalue weighted by Crippen LogP contribution is 2.68. The molecule has 0 aromatic heterocycles. The molecule has 1 spiro atoms. The zero-order valence-electron chi connectivity index (χ0n) is 22.5. The van der Waals surface area contributed by atoms with Crippen LogP contribution in [0.25, 0.3) is 0 Å². The highest BCUT2D eigenvalue weighted by Gasteiger charge is 2.75. The highest BCUT2D eigenvalue weighted by molar-refractivity contribution is 8.02. The van der Waals surface area contributed by atoms with Gasteiger partial charge in [0.1, 0.15) is 6.04 Å². The summed E-state index contributed by atoms with van der Waals surface area (Å²) in [4.78, 5) is 45.1. The lowest BCUT2D eigenvalue weighted by Crippen LogP contribution is -2.55. The van der Waals surface area contributed by atoms with Gasteiger partial charge in [0.05, 0.1) is 16.6 Å². The molecule has 1 aromatic rings. The molecule has 3 amide bonds. The van der Waals surface area contributed by atoms with Gasteiger partial charge in [0.15, 0.2) is 0 Å². The van der Waals surface area contributed by atoms with Crippen molar-refractivity contribution >= 4 is 40.9 Å². The number of carbonyl (C=O) groups is 3. The average Bonchev–Trinajstić information content (AvgIpc) is 3.48. The van der Waals surface area contributed by atoms with Crippen LogP contribution in [0.4, 0.5) is 11.4 Å². The van der Waals surface area contributed by atoms with Crippen LogP contribution < -0.4 is 15.5 Å². The third-order valence-corrected chi connectivity index (χ3v) is 10.5. The molecule has 3 fully saturated rings. The van der Waals surface area contributed by atoms with E-state index < -0.39 is 22.6 Å². The maximum Gasteiger partial charge on any atom is 0.248 e. The van der Waals surface area contributed by atoms with Gasteiger partial charge >= 0.3 is 0 Å². The Hall–Kier alpha value is -2.26. The maximum absolute atomic E-state index is 14.0. The van der Waals surface area contributed by atoms with Crippen LogP contribution in [-0.4, -0.2) is 76.6 Å². The number of aliphatic hydroxyl groups is 1. The van der Waals surface area contributed by atoms with E-state index in [4.69, 9.17) is 0 Å².